The number of carbonyl (C=O) groups excluding carboxylic acids is 1. The molecule has 4 heteroatoms. The molecule has 0 unspecified atom stereocenters. The van der Waals surface area contributed by atoms with Crippen LogP contribution in [0, 0.1) is 0 Å². The van der Waals surface area contributed by atoms with Crippen LogP contribution in [-0.4, -0.2) is 19.7 Å². The summed E-state index contributed by atoms with van der Waals surface area (Å²) in [6.07, 6.45) is 1.90. The molecular weight excluding hydrogens is 290 g/mol. The Labute approximate surface area is 137 Å². The van der Waals surface area contributed by atoms with Gasteiger partial charge in [-0.25, -0.2) is 4.79 Å². The zero-order chi connectivity index (χ0) is 16.5. The van der Waals surface area contributed by atoms with Gasteiger partial charge < -0.3 is 14.8 Å². The van der Waals surface area contributed by atoms with Gasteiger partial charge in [0.05, 0.1) is 19.3 Å². The fourth-order valence-electron chi connectivity index (χ4n) is 2.10. The Morgan fingerprint density at radius 2 is 1.91 bits per heavy atom. The fraction of sp³-hybridized carbons (Fsp3) is 0.316. The van der Waals surface area contributed by atoms with Gasteiger partial charge in [0.1, 0.15) is 5.75 Å². The third-order valence-electron chi connectivity index (χ3n) is 3.49. The molecule has 0 aliphatic heterocycles. The van der Waals surface area contributed by atoms with Gasteiger partial charge in [-0.05, 0) is 42.3 Å². The summed E-state index contributed by atoms with van der Waals surface area (Å²) in [6.45, 7) is 3.22. The van der Waals surface area contributed by atoms with Crippen LogP contribution >= 0.6 is 0 Å². The molecule has 2 rings (SSSR count). The standard InChI is InChI=1S/C19H23NO3/c1-3-4-12-23-19(21)16-6-5-7-17(13-16)20-14-15-8-10-18(22-2)11-9-15/h5-11,13,20H,3-4,12,14H2,1-2H3. The summed E-state index contributed by atoms with van der Waals surface area (Å²) < 4.78 is 10.4. The van der Waals surface area contributed by atoms with Crippen molar-refractivity contribution >= 4 is 11.7 Å². The maximum Gasteiger partial charge on any atom is 0.338 e. The molecule has 0 atom stereocenters. The molecule has 0 spiro atoms. The van der Waals surface area contributed by atoms with E-state index in [0.29, 0.717) is 18.7 Å². The largest absolute Gasteiger partial charge is 0.497 e. The van der Waals surface area contributed by atoms with Crippen LogP contribution in [0.5, 0.6) is 5.75 Å². The van der Waals surface area contributed by atoms with Crippen molar-refractivity contribution in [1.29, 1.82) is 0 Å². The Morgan fingerprint density at radius 3 is 2.61 bits per heavy atom. The van der Waals surface area contributed by atoms with Crippen LogP contribution in [0.25, 0.3) is 0 Å². The van der Waals surface area contributed by atoms with E-state index in [4.69, 9.17) is 9.47 Å². The quantitative estimate of drug-likeness (QED) is 0.584. The lowest BCUT2D eigenvalue weighted by atomic mass is 10.2. The number of nitrogens with one attached hydrogen (secondary N) is 1. The summed E-state index contributed by atoms with van der Waals surface area (Å²) in [5, 5.41) is 3.31. The summed E-state index contributed by atoms with van der Waals surface area (Å²) in [5.41, 5.74) is 2.60. The molecular formula is C19H23NO3. The van der Waals surface area contributed by atoms with Gasteiger partial charge in [0.25, 0.3) is 0 Å². The molecule has 0 aliphatic rings. The molecule has 0 amide bonds. The van der Waals surface area contributed by atoms with E-state index in [1.807, 2.05) is 42.5 Å². The highest BCUT2D eigenvalue weighted by atomic mass is 16.5. The smallest absolute Gasteiger partial charge is 0.338 e. The molecule has 0 radical (unpaired) electrons. The first-order chi connectivity index (χ1) is 11.2. The number of rotatable bonds is 8. The first kappa shape index (κ1) is 16.9. The lowest BCUT2D eigenvalue weighted by Crippen LogP contribution is -2.07. The van der Waals surface area contributed by atoms with Crippen LogP contribution in [-0.2, 0) is 11.3 Å². The maximum atomic E-state index is 12.0. The van der Waals surface area contributed by atoms with Gasteiger partial charge in [-0.1, -0.05) is 31.5 Å². The Kier molecular flexibility index (Phi) is 6.48. The Balaban J connectivity index is 1.92. The number of esters is 1. The number of carbonyl (C=O) groups is 1. The van der Waals surface area contributed by atoms with Gasteiger partial charge in [0, 0.05) is 12.2 Å². The molecule has 4 nitrogen and oxygen atoms in total. The highest BCUT2D eigenvalue weighted by molar-refractivity contribution is 5.90. The zero-order valence-corrected chi connectivity index (χ0v) is 13.7. The van der Waals surface area contributed by atoms with Crippen molar-refractivity contribution in [1.82, 2.24) is 0 Å². The molecule has 2 aromatic carbocycles. The van der Waals surface area contributed by atoms with E-state index in [0.717, 1.165) is 29.8 Å². The number of ether oxygens (including phenoxy) is 2. The van der Waals surface area contributed by atoms with Crippen LogP contribution in [0.15, 0.2) is 48.5 Å². The van der Waals surface area contributed by atoms with Gasteiger partial charge in [0.15, 0.2) is 0 Å². The van der Waals surface area contributed by atoms with E-state index >= 15 is 0 Å². The Hall–Kier alpha value is -2.49. The van der Waals surface area contributed by atoms with E-state index in [1.165, 1.54) is 0 Å². The van der Waals surface area contributed by atoms with E-state index in [2.05, 4.69) is 12.2 Å². The molecule has 0 saturated carbocycles. The van der Waals surface area contributed by atoms with Crippen molar-refractivity contribution < 1.29 is 14.3 Å². The second-order valence-corrected chi connectivity index (χ2v) is 5.27. The summed E-state index contributed by atoms with van der Waals surface area (Å²) in [6, 6.07) is 15.3. The SMILES string of the molecule is CCCCOC(=O)c1cccc(NCc2ccc(OC)cc2)c1. The average molecular weight is 313 g/mol. The van der Waals surface area contributed by atoms with E-state index in [9.17, 15) is 4.79 Å². The van der Waals surface area contributed by atoms with Gasteiger partial charge in [-0.15, -0.1) is 0 Å². The van der Waals surface area contributed by atoms with Crippen molar-refractivity contribution in [2.24, 2.45) is 0 Å². The monoisotopic (exact) mass is 313 g/mol. The number of benzene rings is 2. The third-order valence-corrected chi connectivity index (χ3v) is 3.49. The Morgan fingerprint density at radius 1 is 1.13 bits per heavy atom. The fourth-order valence-corrected chi connectivity index (χ4v) is 2.10. The number of unbranched alkanes of at least 4 members (excludes halogenated alkanes) is 1. The molecule has 122 valence electrons. The second kappa shape index (κ2) is 8.83. The van der Waals surface area contributed by atoms with Crippen LogP contribution in [0.3, 0.4) is 0 Å². The molecule has 0 fully saturated rings. The molecule has 0 bridgehead atoms. The van der Waals surface area contributed by atoms with Crippen LogP contribution in [0.1, 0.15) is 35.7 Å². The normalized spacial score (nSPS) is 10.2. The number of methoxy groups -OCH3 is 1. The van der Waals surface area contributed by atoms with Gasteiger partial charge >= 0.3 is 5.97 Å². The minimum atomic E-state index is -0.272. The van der Waals surface area contributed by atoms with Gasteiger partial charge in [0.2, 0.25) is 0 Å². The molecule has 0 heterocycles. The first-order valence-corrected chi connectivity index (χ1v) is 7.87. The van der Waals surface area contributed by atoms with Crippen molar-refractivity contribution in [2.75, 3.05) is 19.0 Å². The predicted octanol–water partition coefficient (Wildman–Crippen LogP) is 4.26. The lowest BCUT2D eigenvalue weighted by Gasteiger charge is -2.09. The second-order valence-electron chi connectivity index (χ2n) is 5.27. The molecule has 0 saturated heterocycles. The van der Waals surface area contributed by atoms with Crippen molar-refractivity contribution in [2.45, 2.75) is 26.3 Å². The van der Waals surface area contributed by atoms with E-state index in [-0.39, 0.29) is 5.97 Å². The van der Waals surface area contributed by atoms with Crippen LogP contribution in [0.4, 0.5) is 5.69 Å². The number of anilines is 1. The maximum absolute atomic E-state index is 12.0. The molecule has 1 N–H and O–H groups in total. The molecule has 2 aromatic rings. The molecule has 0 aromatic heterocycles. The Bertz CT molecular complexity index is 623. The first-order valence-electron chi connectivity index (χ1n) is 7.87. The van der Waals surface area contributed by atoms with E-state index < -0.39 is 0 Å². The van der Waals surface area contributed by atoms with Crippen molar-refractivity contribution in [3.05, 3.63) is 59.7 Å². The van der Waals surface area contributed by atoms with Crippen molar-refractivity contribution in [3.8, 4) is 5.75 Å². The topological polar surface area (TPSA) is 47.6 Å². The van der Waals surface area contributed by atoms with Gasteiger partial charge in [-0.2, -0.15) is 0 Å². The summed E-state index contributed by atoms with van der Waals surface area (Å²) in [5.74, 6) is 0.567. The number of hydrogen-bond acceptors (Lipinski definition) is 4. The van der Waals surface area contributed by atoms with Gasteiger partial charge in [-0.3, -0.25) is 0 Å². The summed E-state index contributed by atoms with van der Waals surface area (Å²) in [4.78, 5) is 12.0. The third kappa shape index (κ3) is 5.33. The van der Waals surface area contributed by atoms with E-state index in [1.54, 1.807) is 13.2 Å². The highest BCUT2D eigenvalue weighted by Gasteiger charge is 2.07. The minimum Gasteiger partial charge on any atom is -0.497 e. The highest BCUT2D eigenvalue weighted by Crippen LogP contribution is 2.15. The minimum absolute atomic E-state index is 0.272. The predicted molar refractivity (Wildman–Crippen MR) is 92.0 cm³/mol. The lowest BCUT2D eigenvalue weighted by molar-refractivity contribution is 0.0500. The summed E-state index contributed by atoms with van der Waals surface area (Å²) in [7, 11) is 1.65. The van der Waals surface area contributed by atoms with Crippen LogP contribution < -0.4 is 10.1 Å². The zero-order valence-electron chi connectivity index (χ0n) is 13.7. The summed E-state index contributed by atoms with van der Waals surface area (Å²) >= 11 is 0. The average Bonchev–Trinajstić information content (AvgIpc) is 2.61. The molecule has 23 heavy (non-hydrogen) atoms. The molecule has 0 aliphatic carbocycles. The van der Waals surface area contributed by atoms with Crippen molar-refractivity contribution in [3.63, 3.8) is 0 Å². The number of hydrogen-bond donors (Lipinski definition) is 1. The van der Waals surface area contributed by atoms with Crippen LogP contribution in [0.2, 0.25) is 0 Å².